The Morgan fingerprint density at radius 3 is 2.79 bits per heavy atom. The number of rotatable bonds is 2. The Morgan fingerprint density at radius 1 is 1.21 bits per heavy atom. The van der Waals surface area contributed by atoms with Crippen LogP contribution in [0.1, 0.15) is 60.3 Å². The first-order valence-electron chi connectivity index (χ1n) is 11.0. The largest absolute Gasteiger partial charge is 0.392 e. The summed E-state index contributed by atoms with van der Waals surface area (Å²) >= 11 is 0. The lowest BCUT2D eigenvalue weighted by molar-refractivity contribution is -0.0695. The first-order valence-corrected chi connectivity index (χ1v) is 11.0. The molecule has 2 N–H and O–H groups in total. The molecular formula is C21H32N4O3. The van der Waals surface area contributed by atoms with Gasteiger partial charge in [0.1, 0.15) is 0 Å². The van der Waals surface area contributed by atoms with E-state index >= 15 is 0 Å². The quantitative estimate of drug-likeness (QED) is 0.800. The Morgan fingerprint density at radius 2 is 2.00 bits per heavy atom. The number of hydrogen-bond acceptors (Lipinski definition) is 5. The molecule has 5 rings (SSSR count). The molecule has 0 bridgehead atoms. The third-order valence-electron chi connectivity index (χ3n) is 7.48. The number of likely N-dealkylation sites (tertiary alicyclic amines) is 2. The molecule has 1 unspecified atom stereocenters. The van der Waals surface area contributed by atoms with Crippen LogP contribution < -0.4 is 0 Å². The lowest BCUT2D eigenvalue weighted by atomic mass is 9.71. The molecule has 7 nitrogen and oxygen atoms in total. The number of piperidine rings is 2. The summed E-state index contributed by atoms with van der Waals surface area (Å²) in [4.78, 5) is 17.5. The minimum atomic E-state index is -0.256. The van der Waals surface area contributed by atoms with Crippen LogP contribution in [-0.4, -0.2) is 82.5 Å². The maximum atomic E-state index is 13.0. The number of ether oxygens (including phenoxy) is 1. The van der Waals surface area contributed by atoms with Gasteiger partial charge in [-0.1, -0.05) is 0 Å². The Balaban J connectivity index is 1.24. The van der Waals surface area contributed by atoms with Crippen LogP contribution in [-0.2, 0) is 17.6 Å². The fraction of sp³-hybridized carbons (Fsp3) is 0.810. The Hall–Kier alpha value is -1.44. The number of β-amino-alcohol motifs (C(OH)–C–C–N with tert-alkyl or cyclic N) is 1. The molecule has 154 valence electrons. The minimum Gasteiger partial charge on any atom is -0.392 e. The predicted octanol–water partition coefficient (Wildman–Crippen LogP) is 1.37. The highest BCUT2D eigenvalue weighted by atomic mass is 16.5. The molecule has 1 aromatic heterocycles. The van der Waals surface area contributed by atoms with Crippen molar-refractivity contribution in [3.05, 3.63) is 17.0 Å². The van der Waals surface area contributed by atoms with E-state index in [1.165, 1.54) is 0 Å². The number of aromatic nitrogens is 2. The second-order valence-electron chi connectivity index (χ2n) is 9.31. The van der Waals surface area contributed by atoms with Crippen molar-refractivity contribution in [2.45, 2.75) is 63.5 Å². The van der Waals surface area contributed by atoms with Crippen molar-refractivity contribution in [3.63, 3.8) is 0 Å². The zero-order valence-electron chi connectivity index (χ0n) is 16.7. The third kappa shape index (κ3) is 3.37. The number of aromatic amines is 1. The van der Waals surface area contributed by atoms with Gasteiger partial charge in [-0.2, -0.15) is 5.10 Å². The summed E-state index contributed by atoms with van der Waals surface area (Å²) in [6.07, 6.45) is 7.79. The van der Waals surface area contributed by atoms with Crippen LogP contribution >= 0.6 is 0 Å². The van der Waals surface area contributed by atoms with E-state index in [0.717, 1.165) is 102 Å². The molecule has 0 saturated carbocycles. The van der Waals surface area contributed by atoms with Gasteiger partial charge in [-0.25, -0.2) is 0 Å². The van der Waals surface area contributed by atoms with Gasteiger partial charge in [0, 0.05) is 56.7 Å². The summed E-state index contributed by atoms with van der Waals surface area (Å²) in [6.45, 7) is 5.05. The van der Waals surface area contributed by atoms with Crippen LogP contribution in [0.25, 0.3) is 0 Å². The molecule has 1 amide bonds. The fourth-order valence-electron chi connectivity index (χ4n) is 5.92. The maximum absolute atomic E-state index is 13.0. The first-order chi connectivity index (χ1) is 13.6. The van der Waals surface area contributed by atoms with Crippen LogP contribution in [0.2, 0.25) is 0 Å². The molecule has 3 saturated heterocycles. The number of fused-ring (bicyclic) bond motifs is 1. The van der Waals surface area contributed by atoms with Crippen molar-refractivity contribution in [1.82, 2.24) is 20.0 Å². The Labute approximate surface area is 166 Å². The van der Waals surface area contributed by atoms with Crippen molar-refractivity contribution in [1.29, 1.82) is 0 Å². The highest BCUT2D eigenvalue weighted by molar-refractivity contribution is 5.94. The Bertz CT molecular complexity index is 719. The molecule has 4 aliphatic rings. The summed E-state index contributed by atoms with van der Waals surface area (Å²) in [5, 5.41) is 18.0. The van der Waals surface area contributed by atoms with Crippen molar-refractivity contribution >= 4 is 5.91 Å². The zero-order chi connectivity index (χ0) is 19.1. The summed E-state index contributed by atoms with van der Waals surface area (Å²) in [5.74, 6) is 0.0897. The van der Waals surface area contributed by atoms with Crippen LogP contribution in [0.3, 0.4) is 0 Å². The van der Waals surface area contributed by atoms with E-state index in [1.54, 1.807) is 0 Å². The molecule has 0 aromatic carbocycles. The average molecular weight is 389 g/mol. The molecule has 1 spiro atoms. The Kier molecular flexibility index (Phi) is 4.93. The minimum absolute atomic E-state index is 0.0897. The average Bonchev–Trinajstić information content (AvgIpc) is 3.32. The molecule has 1 aliphatic carbocycles. The van der Waals surface area contributed by atoms with Crippen molar-refractivity contribution in [3.8, 4) is 0 Å². The third-order valence-corrected chi connectivity index (χ3v) is 7.48. The van der Waals surface area contributed by atoms with Gasteiger partial charge >= 0.3 is 0 Å². The first kappa shape index (κ1) is 18.6. The van der Waals surface area contributed by atoms with Gasteiger partial charge < -0.3 is 14.7 Å². The number of nitrogens with one attached hydrogen (secondary N) is 1. The van der Waals surface area contributed by atoms with Gasteiger partial charge in [0.05, 0.1) is 6.10 Å². The predicted molar refractivity (Wildman–Crippen MR) is 104 cm³/mol. The molecule has 3 fully saturated rings. The van der Waals surface area contributed by atoms with E-state index < -0.39 is 0 Å². The number of aliphatic hydroxyl groups excluding tert-OH is 1. The topological polar surface area (TPSA) is 81.7 Å². The SMILES string of the molecule is O=C(c1n[nH]c2c1CCC2)N1CCC2(CC1)CC(O)CN(C1CCOCC1)C2. The van der Waals surface area contributed by atoms with E-state index in [1.807, 2.05) is 4.90 Å². The lowest BCUT2D eigenvalue weighted by Gasteiger charge is -2.51. The van der Waals surface area contributed by atoms with Gasteiger partial charge in [-0.05, 0) is 56.8 Å². The second kappa shape index (κ2) is 7.43. The summed E-state index contributed by atoms with van der Waals surface area (Å²) < 4.78 is 5.52. The molecular weight excluding hydrogens is 356 g/mol. The van der Waals surface area contributed by atoms with Crippen LogP contribution in [0.4, 0.5) is 0 Å². The normalized spacial score (nSPS) is 28.6. The molecule has 7 heteroatoms. The molecule has 0 radical (unpaired) electrons. The number of carbonyl (C=O) groups is 1. The molecule has 3 aliphatic heterocycles. The summed E-state index contributed by atoms with van der Waals surface area (Å²) in [6, 6.07) is 0.534. The van der Waals surface area contributed by atoms with E-state index in [4.69, 9.17) is 4.74 Å². The fourth-order valence-corrected chi connectivity index (χ4v) is 5.92. The lowest BCUT2D eigenvalue weighted by Crippen LogP contribution is -2.57. The number of H-pyrrole nitrogens is 1. The number of aliphatic hydroxyl groups is 1. The van der Waals surface area contributed by atoms with Gasteiger partial charge in [-0.15, -0.1) is 0 Å². The number of hydrogen-bond donors (Lipinski definition) is 2. The zero-order valence-corrected chi connectivity index (χ0v) is 16.7. The van der Waals surface area contributed by atoms with Crippen molar-refractivity contribution in [2.24, 2.45) is 5.41 Å². The number of nitrogens with zero attached hydrogens (tertiary/aromatic N) is 3. The number of amides is 1. The van der Waals surface area contributed by atoms with E-state index in [9.17, 15) is 9.90 Å². The van der Waals surface area contributed by atoms with Crippen molar-refractivity contribution in [2.75, 3.05) is 39.4 Å². The molecule has 1 atom stereocenters. The maximum Gasteiger partial charge on any atom is 0.274 e. The van der Waals surface area contributed by atoms with Crippen molar-refractivity contribution < 1.29 is 14.6 Å². The number of carbonyl (C=O) groups excluding carboxylic acids is 1. The van der Waals surface area contributed by atoms with E-state index in [0.29, 0.717) is 11.7 Å². The van der Waals surface area contributed by atoms with Gasteiger partial charge in [0.25, 0.3) is 5.91 Å². The van der Waals surface area contributed by atoms with Gasteiger partial charge in [0.2, 0.25) is 0 Å². The van der Waals surface area contributed by atoms with Crippen LogP contribution in [0, 0.1) is 5.41 Å². The summed E-state index contributed by atoms with van der Waals surface area (Å²) in [5.41, 5.74) is 3.08. The number of aryl methyl sites for hydroxylation is 1. The smallest absolute Gasteiger partial charge is 0.274 e. The molecule has 1 aromatic rings. The standard InChI is InChI=1S/C21H32N4O3/c26-16-12-21(14-25(13-16)15-4-10-28-11-5-15)6-8-24(9-7-21)20(27)19-17-2-1-3-18(17)22-23-19/h15-16,26H,1-14H2,(H,22,23). The molecule has 28 heavy (non-hydrogen) atoms. The highest BCUT2D eigenvalue weighted by Crippen LogP contribution is 2.41. The van der Waals surface area contributed by atoms with Gasteiger partial charge in [0.15, 0.2) is 5.69 Å². The van der Waals surface area contributed by atoms with E-state index in [2.05, 4.69) is 15.1 Å². The summed E-state index contributed by atoms with van der Waals surface area (Å²) in [7, 11) is 0. The second-order valence-corrected chi connectivity index (χ2v) is 9.31. The highest BCUT2D eigenvalue weighted by Gasteiger charge is 2.44. The van der Waals surface area contributed by atoms with E-state index in [-0.39, 0.29) is 17.4 Å². The van der Waals surface area contributed by atoms with Crippen LogP contribution in [0.15, 0.2) is 0 Å². The van der Waals surface area contributed by atoms with Gasteiger partial charge in [-0.3, -0.25) is 14.8 Å². The monoisotopic (exact) mass is 388 g/mol. The molecule has 4 heterocycles. The van der Waals surface area contributed by atoms with Crippen LogP contribution in [0.5, 0.6) is 0 Å².